The highest BCUT2D eigenvalue weighted by molar-refractivity contribution is 6.04. The minimum absolute atomic E-state index is 0.296. The average molecular weight is 371 g/mol. The number of nitrogens with one attached hydrogen (secondary N) is 1. The van der Waals surface area contributed by atoms with Crippen molar-refractivity contribution in [2.45, 2.75) is 12.8 Å². The fourth-order valence-electron chi connectivity index (χ4n) is 2.38. The molecular weight excluding hydrogens is 355 g/mol. The minimum atomic E-state index is -4.40. The van der Waals surface area contributed by atoms with E-state index in [-0.39, 0.29) is 0 Å². The lowest BCUT2D eigenvalue weighted by molar-refractivity contribution is -0.137. The lowest BCUT2D eigenvalue weighted by Crippen LogP contribution is -2.12. The number of benzene rings is 3. The SMILES string of the molecule is O=C(Nc1ccc(C(F)(F)F)cc1)c1ccc(COc2ccccc2)cc1. The smallest absolute Gasteiger partial charge is 0.416 e. The van der Waals surface area contributed by atoms with Gasteiger partial charge in [0, 0.05) is 11.3 Å². The predicted molar refractivity (Wildman–Crippen MR) is 96.6 cm³/mol. The van der Waals surface area contributed by atoms with Gasteiger partial charge in [0.2, 0.25) is 0 Å². The van der Waals surface area contributed by atoms with E-state index in [1.54, 1.807) is 24.3 Å². The Morgan fingerprint density at radius 1 is 0.852 bits per heavy atom. The van der Waals surface area contributed by atoms with Gasteiger partial charge in [-0.15, -0.1) is 0 Å². The van der Waals surface area contributed by atoms with E-state index in [1.807, 2.05) is 30.3 Å². The largest absolute Gasteiger partial charge is 0.489 e. The van der Waals surface area contributed by atoms with Crippen molar-refractivity contribution in [3.05, 3.63) is 95.6 Å². The summed E-state index contributed by atoms with van der Waals surface area (Å²) in [6.07, 6.45) is -4.40. The first-order valence-electron chi connectivity index (χ1n) is 8.17. The van der Waals surface area contributed by atoms with Crippen LogP contribution in [0.4, 0.5) is 18.9 Å². The first kappa shape index (κ1) is 18.5. The van der Waals surface area contributed by atoms with E-state index < -0.39 is 17.6 Å². The molecule has 3 aromatic rings. The highest BCUT2D eigenvalue weighted by atomic mass is 19.4. The van der Waals surface area contributed by atoms with Gasteiger partial charge in [-0.05, 0) is 54.1 Å². The van der Waals surface area contributed by atoms with E-state index in [0.29, 0.717) is 17.9 Å². The van der Waals surface area contributed by atoms with Gasteiger partial charge in [-0.25, -0.2) is 0 Å². The molecule has 0 heterocycles. The first-order valence-corrected chi connectivity index (χ1v) is 8.17. The number of anilines is 1. The molecule has 1 N–H and O–H groups in total. The quantitative estimate of drug-likeness (QED) is 0.640. The van der Waals surface area contributed by atoms with E-state index >= 15 is 0 Å². The van der Waals surface area contributed by atoms with Crippen molar-refractivity contribution < 1.29 is 22.7 Å². The molecule has 27 heavy (non-hydrogen) atoms. The zero-order valence-corrected chi connectivity index (χ0v) is 14.2. The molecule has 0 aliphatic heterocycles. The van der Waals surface area contributed by atoms with Crippen molar-refractivity contribution in [1.82, 2.24) is 0 Å². The van der Waals surface area contributed by atoms with Crippen molar-refractivity contribution in [3.63, 3.8) is 0 Å². The second kappa shape index (κ2) is 7.95. The molecule has 138 valence electrons. The van der Waals surface area contributed by atoms with Gasteiger partial charge in [-0.2, -0.15) is 13.2 Å². The number of hydrogen-bond donors (Lipinski definition) is 1. The van der Waals surface area contributed by atoms with Crippen molar-refractivity contribution >= 4 is 11.6 Å². The van der Waals surface area contributed by atoms with Gasteiger partial charge in [0.1, 0.15) is 12.4 Å². The average Bonchev–Trinajstić information content (AvgIpc) is 2.67. The van der Waals surface area contributed by atoms with Gasteiger partial charge in [-0.1, -0.05) is 30.3 Å². The molecule has 0 aliphatic rings. The number of alkyl halides is 3. The standard InChI is InChI=1S/C21H16F3NO2/c22-21(23,24)17-10-12-18(13-11-17)25-20(26)16-8-6-15(7-9-16)14-27-19-4-2-1-3-5-19/h1-13H,14H2,(H,25,26). The lowest BCUT2D eigenvalue weighted by atomic mass is 10.1. The monoisotopic (exact) mass is 371 g/mol. The number of para-hydroxylation sites is 1. The molecule has 3 aromatic carbocycles. The highest BCUT2D eigenvalue weighted by Gasteiger charge is 2.29. The summed E-state index contributed by atoms with van der Waals surface area (Å²) in [7, 11) is 0. The molecule has 0 saturated heterocycles. The van der Waals surface area contributed by atoms with Crippen LogP contribution in [0, 0.1) is 0 Å². The van der Waals surface area contributed by atoms with Gasteiger partial charge in [0.05, 0.1) is 5.56 Å². The Morgan fingerprint density at radius 3 is 2.07 bits per heavy atom. The molecule has 1 amide bonds. The van der Waals surface area contributed by atoms with E-state index in [4.69, 9.17) is 4.74 Å². The van der Waals surface area contributed by atoms with Gasteiger partial charge in [0.25, 0.3) is 5.91 Å². The third kappa shape index (κ3) is 5.10. The molecule has 0 saturated carbocycles. The number of carbonyl (C=O) groups is 1. The molecule has 6 heteroatoms. The van der Waals surface area contributed by atoms with Crippen LogP contribution < -0.4 is 10.1 Å². The summed E-state index contributed by atoms with van der Waals surface area (Å²) in [5.41, 5.74) is 0.830. The Labute approximate surface area is 154 Å². The van der Waals surface area contributed by atoms with Crippen LogP contribution in [0.1, 0.15) is 21.5 Å². The van der Waals surface area contributed by atoms with Crippen LogP contribution in [-0.2, 0) is 12.8 Å². The number of amides is 1. The van der Waals surface area contributed by atoms with E-state index in [1.165, 1.54) is 12.1 Å². The van der Waals surface area contributed by atoms with Crippen LogP contribution in [0.3, 0.4) is 0 Å². The summed E-state index contributed by atoms with van der Waals surface area (Å²) in [4.78, 5) is 12.2. The molecule has 3 rings (SSSR count). The normalized spacial score (nSPS) is 11.1. The lowest BCUT2D eigenvalue weighted by Gasteiger charge is -2.09. The summed E-state index contributed by atoms with van der Waals surface area (Å²) < 4.78 is 43.3. The van der Waals surface area contributed by atoms with Gasteiger partial charge >= 0.3 is 6.18 Å². The molecular formula is C21H16F3NO2. The molecule has 0 spiro atoms. The van der Waals surface area contributed by atoms with Crippen LogP contribution in [0.5, 0.6) is 5.75 Å². The van der Waals surface area contributed by atoms with Gasteiger partial charge in [-0.3, -0.25) is 4.79 Å². The Kier molecular flexibility index (Phi) is 5.45. The van der Waals surface area contributed by atoms with E-state index in [2.05, 4.69) is 5.32 Å². The zero-order chi connectivity index (χ0) is 19.3. The van der Waals surface area contributed by atoms with Crippen LogP contribution in [0.2, 0.25) is 0 Å². The molecule has 0 atom stereocenters. The maximum absolute atomic E-state index is 12.6. The van der Waals surface area contributed by atoms with Gasteiger partial charge < -0.3 is 10.1 Å². The third-order valence-corrected chi connectivity index (χ3v) is 3.83. The maximum Gasteiger partial charge on any atom is 0.416 e. The topological polar surface area (TPSA) is 38.3 Å². The number of ether oxygens (including phenoxy) is 1. The summed E-state index contributed by atoms with van der Waals surface area (Å²) in [5, 5.41) is 2.58. The summed E-state index contributed by atoms with van der Waals surface area (Å²) in [6.45, 7) is 0.366. The fourth-order valence-corrected chi connectivity index (χ4v) is 2.38. The Balaban J connectivity index is 1.58. The molecule has 0 aromatic heterocycles. The fraction of sp³-hybridized carbons (Fsp3) is 0.0952. The summed E-state index contributed by atoms with van der Waals surface area (Å²) >= 11 is 0. The Hall–Kier alpha value is -3.28. The molecule has 0 unspecified atom stereocenters. The van der Waals surface area contributed by atoms with Crippen LogP contribution in [0.15, 0.2) is 78.9 Å². The van der Waals surface area contributed by atoms with Crippen molar-refractivity contribution in [2.24, 2.45) is 0 Å². The van der Waals surface area contributed by atoms with Crippen molar-refractivity contribution in [1.29, 1.82) is 0 Å². The highest BCUT2D eigenvalue weighted by Crippen LogP contribution is 2.29. The van der Waals surface area contributed by atoms with E-state index in [0.717, 1.165) is 23.4 Å². The zero-order valence-electron chi connectivity index (χ0n) is 14.2. The van der Waals surface area contributed by atoms with Crippen LogP contribution in [0.25, 0.3) is 0 Å². The minimum Gasteiger partial charge on any atom is -0.489 e. The number of halogens is 3. The summed E-state index contributed by atoms with van der Waals surface area (Å²) in [6, 6.07) is 20.5. The number of carbonyl (C=O) groups excluding carboxylic acids is 1. The summed E-state index contributed by atoms with van der Waals surface area (Å²) in [5.74, 6) is 0.354. The van der Waals surface area contributed by atoms with Crippen molar-refractivity contribution in [2.75, 3.05) is 5.32 Å². The number of hydrogen-bond acceptors (Lipinski definition) is 2. The third-order valence-electron chi connectivity index (χ3n) is 3.83. The first-order chi connectivity index (χ1) is 12.9. The van der Waals surface area contributed by atoms with Gasteiger partial charge in [0.15, 0.2) is 0 Å². The Bertz CT molecular complexity index is 889. The van der Waals surface area contributed by atoms with Crippen LogP contribution in [-0.4, -0.2) is 5.91 Å². The molecule has 3 nitrogen and oxygen atoms in total. The molecule has 0 fully saturated rings. The van der Waals surface area contributed by atoms with Crippen molar-refractivity contribution in [3.8, 4) is 5.75 Å². The molecule has 0 radical (unpaired) electrons. The second-order valence-corrected chi connectivity index (χ2v) is 5.83. The maximum atomic E-state index is 12.6. The molecule has 0 bridgehead atoms. The van der Waals surface area contributed by atoms with Crippen LogP contribution >= 0.6 is 0 Å². The molecule has 0 aliphatic carbocycles. The predicted octanol–water partition coefficient (Wildman–Crippen LogP) is 5.54. The Morgan fingerprint density at radius 2 is 1.48 bits per heavy atom. The second-order valence-electron chi connectivity index (χ2n) is 5.83. The van der Waals surface area contributed by atoms with E-state index in [9.17, 15) is 18.0 Å². The number of rotatable bonds is 5.